The van der Waals surface area contributed by atoms with Crippen LogP contribution in [-0.2, 0) is 6.54 Å². The summed E-state index contributed by atoms with van der Waals surface area (Å²) < 4.78 is 5.27. The average molecular weight is 373 g/mol. The Balaban J connectivity index is 1.64. The molecule has 1 saturated heterocycles. The highest BCUT2D eigenvalue weighted by molar-refractivity contribution is 6.31. The van der Waals surface area contributed by atoms with Gasteiger partial charge >= 0.3 is 0 Å². The fourth-order valence-corrected chi connectivity index (χ4v) is 3.46. The number of nitrogens with zero attached hydrogens (tertiary/aromatic N) is 1. The van der Waals surface area contributed by atoms with Gasteiger partial charge in [-0.3, -0.25) is 9.69 Å². The van der Waals surface area contributed by atoms with E-state index >= 15 is 0 Å². The number of ether oxygens (including phenoxy) is 1. The van der Waals surface area contributed by atoms with E-state index in [1.54, 1.807) is 25.3 Å². The topological polar surface area (TPSA) is 41.6 Å². The van der Waals surface area contributed by atoms with Gasteiger partial charge < -0.3 is 10.1 Å². The van der Waals surface area contributed by atoms with Crippen LogP contribution >= 0.6 is 11.6 Å². The summed E-state index contributed by atoms with van der Waals surface area (Å²) >= 11 is 6.02. The van der Waals surface area contributed by atoms with E-state index in [0.29, 0.717) is 22.0 Å². The molecule has 0 aliphatic carbocycles. The predicted octanol–water partition coefficient (Wildman–Crippen LogP) is 4.98. The molecule has 0 saturated carbocycles. The molecule has 0 bridgehead atoms. The molecule has 1 fully saturated rings. The number of carbonyl (C=O) groups is 1. The summed E-state index contributed by atoms with van der Waals surface area (Å²) in [6.07, 6.45) is 5.23. The molecule has 3 rings (SSSR count). The Kier molecular flexibility index (Phi) is 6.53. The molecule has 5 heteroatoms. The summed E-state index contributed by atoms with van der Waals surface area (Å²) in [6, 6.07) is 13.0. The molecule has 1 aliphatic rings. The summed E-state index contributed by atoms with van der Waals surface area (Å²) in [5.41, 5.74) is 2.43. The van der Waals surface area contributed by atoms with Crippen molar-refractivity contribution in [2.75, 3.05) is 25.5 Å². The van der Waals surface area contributed by atoms with Gasteiger partial charge in [0.15, 0.2) is 0 Å². The average Bonchev–Trinajstić information content (AvgIpc) is 2.91. The largest absolute Gasteiger partial charge is 0.495 e. The van der Waals surface area contributed by atoms with E-state index < -0.39 is 0 Å². The first kappa shape index (κ1) is 18.7. The molecule has 1 N–H and O–H groups in total. The number of methoxy groups -OCH3 is 1. The van der Waals surface area contributed by atoms with Gasteiger partial charge in [-0.1, -0.05) is 36.6 Å². The normalized spacial score (nSPS) is 15.3. The molecule has 26 heavy (non-hydrogen) atoms. The molecule has 1 aliphatic heterocycles. The summed E-state index contributed by atoms with van der Waals surface area (Å²) in [7, 11) is 1.57. The Morgan fingerprint density at radius 1 is 1.08 bits per heavy atom. The molecular weight excluding hydrogens is 348 g/mol. The van der Waals surface area contributed by atoms with Crippen LogP contribution in [0.15, 0.2) is 42.5 Å². The van der Waals surface area contributed by atoms with Crippen LogP contribution in [0.2, 0.25) is 5.02 Å². The standard InChI is InChI=1S/C21H25ClN2O2/c1-26-20-11-10-18(22)14-19(20)23-21(25)17-8-6-16(7-9-17)15-24-12-4-2-3-5-13-24/h6-11,14H,2-5,12-13,15H2,1H3,(H,23,25). The van der Waals surface area contributed by atoms with Gasteiger partial charge in [-0.2, -0.15) is 0 Å². The van der Waals surface area contributed by atoms with Crippen LogP contribution in [0.3, 0.4) is 0 Å². The Morgan fingerprint density at radius 3 is 2.42 bits per heavy atom. The maximum absolute atomic E-state index is 12.5. The third-order valence-corrected chi connectivity index (χ3v) is 4.97. The van der Waals surface area contributed by atoms with Gasteiger partial charge in [0.2, 0.25) is 0 Å². The molecule has 0 unspecified atom stereocenters. The zero-order chi connectivity index (χ0) is 18.4. The molecule has 0 spiro atoms. The second kappa shape index (κ2) is 9.06. The second-order valence-corrected chi connectivity index (χ2v) is 7.12. The number of benzene rings is 2. The van der Waals surface area contributed by atoms with Crippen molar-refractivity contribution in [3.05, 3.63) is 58.6 Å². The Hall–Kier alpha value is -2.04. The lowest BCUT2D eigenvalue weighted by atomic mass is 10.1. The smallest absolute Gasteiger partial charge is 0.255 e. The number of hydrogen-bond acceptors (Lipinski definition) is 3. The number of halogens is 1. The lowest BCUT2D eigenvalue weighted by Gasteiger charge is -2.19. The lowest BCUT2D eigenvalue weighted by molar-refractivity contribution is 0.102. The molecule has 2 aromatic rings. The third-order valence-electron chi connectivity index (χ3n) is 4.73. The number of amides is 1. The zero-order valence-electron chi connectivity index (χ0n) is 15.1. The van der Waals surface area contributed by atoms with Gasteiger partial charge in [-0.25, -0.2) is 0 Å². The zero-order valence-corrected chi connectivity index (χ0v) is 15.9. The lowest BCUT2D eigenvalue weighted by Crippen LogP contribution is -2.24. The molecule has 4 nitrogen and oxygen atoms in total. The van der Waals surface area contributed by atoms with Crippen LogP contribution in [0.25, 0.3) is 0 Å². The number of anilines is 1. The summed E-state index contributed by atoms with van der Waals surface area (Å²) in [5, 5.41) is 3.42. The van der Waals surface area contributed by atoms with Crippen molar-refractivity contribution in [1.29, 1.82) is 0 Å². The van der Waals surface area contributed by atoms with Crippen LogP contribution in [0.5, 0.6) is 5.75 Å². The third kappa shape index (κ3) is 4.99. The molecule has 2 aromatic carbocycles. The van der Waals surface area contributed by atoms with Gasteiger partial charge in [0.05, 0.1) is 12.8 Å². The van der Waals surface area contributed by atoms with Gasteiger partial charge in [0.1, 0.15) is 5.75 Å². The number of rotatable bonds is 5. The van der Waals surface area contributed by atoms with Gasteiger partial charge in [0.25, 0.3) is 5.91 Å². The predicted molar refractivity (Wildman–Crippen MR) is 106 cm³/mol. The maximum atomic E-state index is 12.5. The van der Waals surface area contributed by atoms with E-state index in [2.05, 4.69) is 10.2 Å². The van der Waals surface area contributed by atoms with Crippen LogP contribution in [0.4, 0.5) is 5.69 Å². The number of likely N-dealkylation sites (tertiary alicyclic amines) is 1. The van der Waals surface area contributed by atoms with Crippen molar-refractivity contribution in [2.45, 2.75) is 32.2 Å². The number of hydrogen-bond donors (Lipinski definition) is 1. The minimum Gasteiger partial charge on any atom is -0.495 e. The minimum absolute atomic E-state index is 0.174. The summed E-state index contributed by atoms with van der Waals surface area (Å²) in [6.45, 7) is 3.28. The van der Waals surface area contributed by atoms with E-state index in [4.69, 9.17) is 16.3 Å². The molecule has 0 aromatic heterocycles. The molecule has 1 heterocycles. The molecule has 0 radical (unpaired) electrons. The Labute approximate surface area is 160 Å². The molecule has 138 valence electrons. The summed E-state index contributed by atoms with van der Waals surface area (Å²) in [5.74, 6) is 0.410. The Morgan fingerprint density at radius 2 is 1.77 bits per heavy atom. The first-order valence-corrected chi connectivity index (χ1v) is 9.50. The van der Waals surface area contributed by atoms with Crippen molar-refractivity contribution in [2.24, 2.45) is 0 Å². The monoisotopic (exact) mass is 372 g/mol. The highest BCUT2D eigenvalue weighted by atomic mass is 35.5. The van der Waals surface area contributed by atoms with E-state index in [1.807, 2.05) is 24.3 Å². The van der Waals surface area contributed by atoms with Crippen molar-refractivity contribution < 1.29 is 9.53 Å². The van der Waals surface area contributed by atoms with Crippen molar-refractivity contribution in [1.82, 2.24) is 4.90 Å². The van der Waals surface area contributed by atoms with Crippen molar-refractivity contribution in [3.63, 3.8) is 0 Å². The van der Waals surface area contributed by atoms with E-state index in [-0.39, 0.29) is 5.91 Å². The molecule has 0 atom stereocenters. The Bertz CT molecular complexity index is 738. The van der Waals surface area contributed by atoms with Crippen molar-refractivity contribution >= 4 is 23.2 Å². The van der Waals surface area contributed by atoms with Crippen LogP contribution in [-0.4, -0.2) is 31.0 Å². The fraction of sp³-hybridized carbons (Fsp3) is 0.381. The van der Waals surface area contributed by atoms with Crippen molar-refractivity contribution in [3.8, 4) is 5.75 Å². The first-order chi connectivity index (χ1) is 12.7. The SMILES string of the molecule is COc1ccc(Cl)cc1NC(=O)c1ccc(CN2CCCCCC2)cc1. The van der Waals surface area contributed by atoms with E-state index in [0.717, 1.165) is 19.6 Å². The summed E-state index contributed by atoms with van der Waals surface area (Å²) in [4.78, 5) is 15.0. The van der Waals surface area contributed by atoms with Gasteiger partial charge in [-0.05, 0) is 61.8 Å². The maximum Gasteiger partial charge on any atom is 0.255 e. The van der Waals surface area contributed by atoms with Crippen LogP contribution in [0, 0.1) is 0 Å². The van der Waals surface area contributed by atoms with E-state index in [1.165, 1.54) is 31.2 Å². The van der Waals surface area contributed by atoms with E-state index in [9.17, 15) is 4.79 Å². The minimum atomic E-state index is -0.174. The number of nitrogens with one attached hydrogen (secondary N) is 1. The highest BCUT2D eigenvalue weighted by Gasteiger charge is 2.12. The van der Waals surface area contributed by atoms with Crippen LogP contribution < -0.4 is 10.1 Å². The van der Waals surface area contributed by atoms with Gasteiger partial charge in [0, 0.05) is 17.1 Å². The molecular formula is C21H25ClN2O2. The fourth-order valence-electron chi connectivity index (χ4n) is 3.29. The highest BCUT2D eigenvalue weighted by Crippen LogP contribution is 2.28. The first-order valence-electron chi connectivity index (χ1n) is 9.12. The molecule has 1 amide bonds. The van der Waals surface area contributed by atoms with Gasteiger partial charge in [-0.15, -0.1) is 0 Å². The second-order valence-electron chi connectivity index (χ2n) is 6.69. The number of carbonyl (C=O) groups excluding carboxylic acids is 1. The van der Waals surface area contributed by atoms with Crippen LogP contribution in [0.1, 0.15) is 41.6 Å². The quantitative estimate of drug-likeness (QED) is 0.805.